The third-order valence-electron chi connectivity index (χ3n) is 10.9. The standard InChI is InChI=1S/C49H35NS/c1-49(2)42-24-9-5-21-40(42)48-39(23-14-25-43(48)49)37-19-7-11-27-45(37)50(33-29-30-47-41(31-33)38-20-8-12-28-46(38)51-47)44-26-10-6-18-36(44)35-22-13-16-32-15-3-4-17-34(32)35/h3-31H,1-2H3. The minimum atomic E-state index is -0.0808. The summed E-state index contributed by atoms with van der Waals surface area (Å²) in [5, 5.41) is 5.08. The molecule has 0 atom stereocenters. The summed E-state index contributed by atoms with van der Waals surface area (Å²) < 4.78 is 2.61. The maximum absolute atomic E-state index is 2.50. The molecule has 0 N–H and O–H groups in total. The van der Waals surface area contributed by atoms with Gasteiger partial charge in [-0.2, -0.15) is 0 Å². The Hall–Kier alpha value is -5.96. The molecule has 242 valence electrons. The molecule has 1 aromatic heterocycles. The van der Waals surface area contributed by atoms with Crippen LogP contribution in [-0.2, 0) is 5.41 Å². The van der Waals surface area contributed by atoms with E-state index in [0.717, 1.165) is 17.1 Å². The van der Waals surface area contributed by atoms with E-state index in [1.807, 2.05) is 11.3 Å². The van der Waals surface area contributed by atoms with Crippen LogP contribution in [0.3, 0.4) is 0 Å². The van der Waals surface area contributed by atoms with Crippen molar-refractivity contribution in [3.8, 4) is 33.4 Å². The molecule has 51 heavy (non-hydrogen) atoms. The van der Waals surface area contributed by atoms with E-state index < -0.39 is 0 Å². The number of para-hydroxylation sites is 2. The lowest BCUT2D eigenvalue weighted by molar-refractivity contribution is 0.660. The second kappa shape index (κ2) is 11.6. The lowest BCUT2D eigenvalue weighted by atomic mass is 9.82. The molecule has 0 spiro atoms. The molecule has 0 saturated carbocycles. The van der Waals surface area contributed by atoms with E-state index in [1.165, 1.54) is 75.5 Å². The Labute approximate surface area is 302 Å². The predicted molar refractivity (Wildman–Crippen MR) is 220 cm³/mol. The van der Waals surface area contributed by atoms with Crippen LogP contribution in [0.2, 0.25) is 0 Å². The molecule has 0 bridgehead atoms. The summed E-state index contributed by atoms with van der Waals surface area (Å²) in [6.45, 7) is 4.72. The van der Waals surface area contributed by atoms with Crippen LogP contribution >= 0.6 is 11.3 Å². The molecule has 0 aliphatic heterocycles. The Kier molecular flexibility index (Phi) is 6.78. The molecular weight excluding hydrogens is 635 g/mol. The van der Waals surface area contributed by atoms with Crippen molar-refractivity contribution in [3.05, 3.63) is 187 Å². The molecular formula is C49H35NS. The van der Waals surface area contributed by atoms with Crippen LogP contribution in [0.1, 0.15) is 25.0 Å². The molecule has 8 aromatic carbocycles. The van der Waals surface area contributed by atoms with Gasteiger partial charge >= 0.3 is 0 Å². The first-order valence-electron chi connectivity index (χ1n) is 17.7. The summed E-state index contributed by atoms with van der Waals surface area (Å²) in [6, 6.07) is 64.9. The van der Waals surface area contributed by atoms with E-state index in [0.29, 0.717) is 0 Å². The van der Waals surface area contributed by atoms with Gasteiger partial charge in [-0.25, -0.2) is 0 Å². The van der Waals surface area contributed by atoms with Crippen LogP contribution in [-0.4, -0.2) is 0 Å². The first-order chi connectivity index (χ1) is 25.1. The van der Waals surface area contributed by atoms with Gasteiger partial charge in [-0.05, 0) is 80.6 Å². The Bertz CT molecular complexity index is 2800. The van der Waals surface area contributed by atoms with Crippen molar-refractivity contribution in [2.75, 3.05) is 4.90 Å². The summed E-state index contributed by atoms with van der Waals surface area (Å²) in [5.74, 6) is 0. The minimum Gasteiger partial charge on any atom is -0.309 e. The predicted octanol–water partition coefficient (Wildman–Crippen LogP) is 14.3. The van der Waals surface area contributed by atoms with Gasteiger partial charge in [-0.3, -0.25) is 0 Å². The summed E-state index contributed by atoms with van der Waals surface area (Å²) >= 11 is 1.86. The lowest BCUT2D eigenvalue weighted by Gasteiger charge is -2.30. The number of hydrogen-bond acceptors (Lipinski definition) is 2. The molecule has 0 radical (unpaired) electrons. The Morgan fingerprint density at radius 2 is 0.961 bits per heavy atom. The summed E-state index contributed by atoms with van der Waals surface area (Å²) in [6.07, 6.45) is 0. The van der Waals surface area contributed by atoms with Crippen LogP contribution in [0.15, 0.2) is 176 Å². The van der Waals surface area contributed by atoms with E-state index in [4.69, 9.17) is 0 Å². The fourth-order valence-corrected chi connectivity index (χ4v) is 9.58. The van der Waals surface area contributed by atoms with Gasteiger partial charge in [-0.1, -0.05) is 153 Å². The quantitative estimate of drug-likeness (QED) is 0.176. The average Bonchev–Trinajstić information content (AvgIpc) is 3.67. The summed E-state index contributed by atoms with van der Waals surface area (Å²) in [4.78, 5) is 2.50. The topological polar surface area (TPSA) is 3.24 Å². The molecule has 0 amide bonds. The number of nitrogens with zero attached hydrogens (tertiary/aromatic N) is 1. The number of hydrogen-bond donors (Lipinski definition) is 0. The molecule has 0 saturated heterocycles. The number of benzene rings is 8. The zero-order valence-electron chi connectivity index (χ0n) is 28.6. The van der Waals surface area contributed by atoms with Crippen molar-refractivity contribution < 1.29 is 0 Å². The van der Waals surface area contributed by atoms with E-state index in [9.17, 15) is 0 Å². The van der Waals surface area contributed by atoms with E-state index in [2.05, 4.69) is 195 Å². The minimum absolute atomic E-state index is 0.0808. The van der Waals surface area contributed by atoms with E-state index in [1.54, 1.807) is 0 Å². The molecule has 0 unspecified atom stereocenters. The Morgan fingerprint density at radius 3 is 1.78 bits per heavy atom. The highest BCUT2D eigenvalue weighted by Gasteiger charge is 2.37. The largest absolute Gasteiger partial charge is 0.309 e. The molecule has 1 aliphatic carbocycles. The highest BCUT2D eigenvalue weighted by molar-refractivity contribution is 7.25. The first kappa shape index (κ1) is 29.9. The highest BCUT2D eigenvalue weighted by Crippen LogP contribution is 2.54. The van der Waals surface area contributed by atoms with Crippen LogP contribution < -0.4 is 4.90 Å². The van der Waals surface area contributed by atoms with Crippen LogP contribution in [0, 0.1) is 0 Å². The van der Waals surface area contributed by atoms with Gasteiger partial charge in [0.05, 0.1) is 11.4 Å². The average molecular weight is 670 g/mol. The maximum atomic E-state index is 2.50. The number of rotatable bonds is 5. The van der Waals surface area contributed by atoms with Crippen molar-refractivity contribution in [2.24, 2.45) is 0 Å². The number of anilines is 3. The van der Waals surface area contributed by atoms with Gasteiger partial charge in [0.1, 0.15) is 0 Å². The SMILES string of the molecule is CC1(C)c2ccccc2-c2c(-c3ccccc3N(c3ccc4sc5ccccc5c4c3)c3ccccc3-c3cccc4ccccc34)cccc21. The fraction of sp³-hybridized carbons (Fsp3) is 0.0612. The Morgan fingerprint density at radius 1 is 0.412 bits per heavy atom. The van der Waals surface area contributed by atoms with Crippen LogP contribution in [0.25, 0.3) is 64.3 Å². The second-order valence-corrected chi connectivity index (χ2v) is 15.2. The second-order valence-electron chi connectivity index (χ2n) is 14.1. The van der Waals surface area contributed by atoms with Crippen molar-refractivity contribution in [3.63, 3.8) is 0 Å². The van der Waals surface area contributed by atoms with Crippen molar-refractivity contribution >= 4 is 59.3 Å². The molecule has 1 aliphatic rings. The monoisotopic (exact) mass is 669 g/mol. The van der Waals surface area contributed by atoms with Gasteiger partial charge in [-0.15, -0.1) is 11.3 Å². The molecule has 0 fully saturated rings. The number of fused-ring (bicyclic) bond motifs is 7. The maximum Gasteiger partial charge on any atom is 0.0540 e. The van der Waals surface area contributed by atoms with Gasteiger partial charge in [0.15, 0.2) is 0 Å². The van der Waals surface area contributed by atoms with Crippen molar-refractivity contribution in [2.45, 2.75) is 19.3 Å². The molecule has 9 aromatic rings. The van der Waals surface area contributed by atoms with Gasteiger partial charge < -0.3 is 4.90 Å². The third kappa shape index (κ3) is 4.60. The fourth-order valence-electron chi connectivity index (χ4n) is 8.49. The van der Waals surface area contributed by atoms with E-state index >= 15 is 0 Å². The van der Waals surface area contributed by atoms with Gasteiger partial charge in [0.25, 0.3) is 0 Å². The molecule has 2 heteroatoms. The first-order valence-corrected chi connectivity index (χ1v) is 18.5. The third-order valence-corrected chi connectivity index (χ3v) is 12.0. The molecule has 1 heterocycles. The smallest absolute Gasteiger partial charge is 0.0540 e. The van der Waals surface area contributed by atoms with Crippen LogP contribution in [0.4, 0.5) is 17.1 Å². The summed E-state index contributed by atoms with van der Waals surface area (Å²) in [7, 11) is 0. The van der Waals surface area contributed by atoms with Crippen LogP contribution in [0.5, 0.6) is 0 Å². The van der Waals surface area contributed by atoms with Crippen molar-refractivity contribution in [1.29, 1.82) is 0 Å². The molecule has 10 rings (SSSR count). The number of thiophene rings is 1. The zero-order chi connectivity index (χ0) is 34.1. The lowest BCUT2D eigenvalue weighted by Crippen LogP contribution is -2.15. The molecule has 1 nitrogen and oxygen atoms in total. The van der Waals surface area contributed by atoms with Gasteiger partial charge in [0, 0.05) is 42.4 Å². The normalized spacial score (nSPS) is 13.1. The van der Waals surface area contributed by atoms with Crippen molar-refractivity contribution in [1.82, 2.24) is 0 Å². The van der Waals surface area contributed by atoms with Gasteiger partial charge in [0.2, 0.25) is 0 Å². The highest BCUT2D eigenvalue weighted by atomic mass is 32.1. The zero-order valence-corrected chi connectivity index (χ0v) is 29.4. The van der Waals surface area contributed by atoms with E-state index in [-0.39, 0.29) is 5.41 Å². The summed E-state index contributed by atoms with van der Waals surface area (Å²) in [5.41, 5.74) is 13.7. The Balaban J connectivity index is 1.27.